The van der Waals surface area contributed by atoms with Gasteiger partial charge in [-0.1, -0.05) is 18.2 Å². The molecule has 0 saturated heterocycles. The molecule has 2 heterocycles. The molecule has 1 aromatic carbocycles. The van der Waals surface area contributed by atoms with Crippen molar-refractivity contribution in [3.8, 4) is 10.8 Å². The van der Waals surface area contributed by atoms with E-state index in [-0.39, 0.29) is 18.8 Å². The lowest BCUT2D eigenvalue weighted by atomic mass is 10.1. The number of halogens is 1. The van der Waals surface area contributed by atoms with Gasteiger partial charge in [-0.3, -0.25) is 4.79 Å². The molecule has 2 aromatic heterocycles. The molecule has 0 unspecified atom stereocenters. The van der Waals surface area contributed by atoms with Crippen LogP contribution in [0.3, 0.4) is 0 Å². The molecule has 0 radical (unpaired) electrons. The fraction of sp³-hybridized carbons (Fsp3) is 0.125. The summed E-state index contributed by atoms with van der Waals surface area (Å²) >= 11 is 1.52. The van der Waals surface area contributed by atoms with Crippen LogP contribution in [0.1, 0.15) is 11.3 Å². The minimum absolute atomic E-state index is 0.0505. The Bertz CT molecular complexity index is 750. The van der Waals surface area contributed by atoms with Crippen molar-refractivity contribution in [3.63, 3.8) is 0 Å². The molecule has 0 fully saturated rings. The molecule has 0 saturated carbocycles. The number of hydrogen-bond donors (Lipinski definition) is 0. The van der Waals surface area contributed by atoms with Crippen LogP contribution in [0.4, 0.5) is 4.39 Å². The number of esters is 1. The summed E-state index contributed by atoms with van der Waals surface area (Å²) in [6, 6.07) is 9.55. The van der Waals surface area contributed by atoms with Crippen LogP contribution in [0, 0.1) is 5.82 Å². The van der Waals surface area contributed by atoms with Gasteiger partial charge in [0.1, 0.15) is 24.4 Å². The van der Waals surface area contributed by atoms with E-state index >= 15 is 0 Å². The number of ether oxygens (including phenoxy) is 1. The molecular weight excluding hydrogens is 305 g/mol. The lowest BCUT2D eigenvalue weighted by Gasteiger charge is -2.02. The van der Waals surface area contributed by atoms with Gasteiger partial charge in [0.25, 0.3) is 0 Å². The predicted octanol–water partition coefficient (Wildman–Crippen LogP) is 3.83. The van der Waals surface area contributed by atoms with Gasteiger partial charge in [0, 0.05) is 0 Å². The molecule has 0 bridgehead atoms. The molecule has 6 heteroatoms. The predicted molar refractivity (Wildman–Crippen MR) is 79.7 cm³/mol. The Kier molecular flexibility index (Phi) is 4.29. The first-order chi connectivity index (χ1) is 10.7. The molecule has 0 aliphatic rings. The van der Waals surface area contributed by atoms with E-state index in [1.807, 2.05) is 17.5 Å². The number of benzene rings is 1. The van der Waals surface area contributed by atoms with E-state index in [2.05, 4.69) is 4.98 Å². The summed E-state index contributed by atoms with van der Waals surface area (Å²) in [5.74, 6) is -0.215. The van der Waals surface area contributed by atoms with Gasteiger partial charge in [-0.15, -0.1) is 11.3 Å². The zero-order valence-electron chi connectivity index (χ0n) is 11.5. The third-order valence-corrected chi connectivity index (χ3v) is 3.78. The van der Waals surface area contributed by atoms with Crippen LogP contribution in [0.25, 0.3) is 10.8 Å². The van der Waals surface area contributed by atoms with Crippen molar-refractivity contribution in [2.75, 3.05) is 0 Å². The number of carbonyl (C=O) groups excluding carboxylic acids is 1. The van der Waals surface area contributed by atoms with E-state index in [0.29, 0.717) is 17.1 Å². The maximum atomic E-state index is 12.8. The van der Waals surface area contributed by atoms with Crippen molar-refractivity contribution in [1.82, 2.24) is 4.98 Å². The van der Waals surface area contributed by atoms with Crippen LogP contribution in [0.2, 0.25) is 0 Å². The number of carbonyl (C=O) groups is 1. The Hall–Kier alpha value is -2.47. The SMILES string of the molecule is O=C(Cc1ccc(F)cc1)OCc1coc(-c2cccs2)n1. The summed E-state index contributed by atoms with van der Waals surface area (Å²) in [4.78, 5) is 16.9. The minimum atomic E-state index is -0.396. The van der Waals surface area contributed by atoms with E-state index in [1.54, 1.807) is 12.1 Å². The van der Waals surface area contributed by atoms with E-state index in [9.17, 15) is 9.18 Å². The van der Waals surface area contributed by atoms with Crippen molar-refractivity contribution >= 4 is 17.3 Å². The van der Waals surface area contributed by atoms with Gasteiger partial charge in [-0.05, 0) is 29.1 Å². The Balaban J connectivity index is 1.54. The summed E-state index contributed by atoms with van der Waals surface area (Å²) in [7, 11) is 0. The van der Waals surface area contributed by atoms with Crippen LogP contribution in [0.15, 0.2) is 52.5 Å². The molecule has 0 aliphatic heterocycles. The van der Waals surface area contributed by atoms with E-state index in [4.69, 9.17) is 9.15 Å². The zero-order valence-corrected chi connectivity index (χ0v) is 12.3. The molecule has 112 valence electrons. The van der Waals surface area contributed by atoms with Crippen LogP contribution in [-0.2, 0) is 22.6 Å². The maximum Gasteiger partial charge on any atom is 0.310 e. The Morgan fingerprint density at radius 1 is 1.27 bits per heavy atom. The fourth-order valence-electron chi connectivity index (χ4n) is 1.86. The smallest absolute Gasteiger partial charge is 0.310 e. The average Bonchev–Trinajstić information content (AvgIpc) is 3.18. The van der Waals surface area contributed by atoms with Crippen LogP contribution in [0.5, 0.6) is 0 Å². The number of oxazole rings is 1. The highest BCUT2D eigenvalue weighted by molar-refractivity contribution is 7.13. The number of thiophene rings is 1. The van der Waals surface area contributed by atoms with Gasteiger partial charge in [-0.25, -0.2) is 9.37 Å². The third-order valence-electron chi connectivity index (χ3n) is 2.93. The molecule has 0 atom stereocenters. The van der Waals surface area contributed by atoms with Crippen molar-refractivity contribution in [3.05, 3.63) is 65.1 Å². The first kappa shape index (κ1) is 14.5. The molecule has 0 spiro atoms. The number of aromatic nitrogens is 1. The van der Waals surface area contributed by atoms with Crippen LogP contribution < -0.4 is 0 Å². The molecule has 3 rings (SSSR count). The average molecular weight is 317 g/mol. The lowest BCUT2D eigenvalue weighted by Crippen LogP contribution is -2.08. The highest BCUT2D eigenvalue weighted by Crippen LogP contribution is 2.23. The lowest BCUT2D eigenvalue weighted by molar-refractivity contribution is -0.144. The Labute approximate surface area is 130 Å². The molecule has 0 amide bonds. The summed E-state index contributed by atoms with van der Waals surface area (Å²) in [5, 5.41) is 1.93. The first-order valence-corrected chi connectivity index (χ1v) is 7.47. The van der Waals surface area contributed by atoms with Gasteiger partial charge in [-0.2, -0.15) is 0 Å². The number of nitrogens with zero attached hydrogens (tertiary/aromatic N) is 1. The van der Waals surface area contributed by atoms with Gasteiger partial charge < -0.3 is 9.15 Å². The largest absolute Gasteiger partial charge is 0.459 e. The second-order valence-corrected chi connectivity index (χ2v) is 5.53. The molecule has 4 nitrogen and oxygen atoms in total. The van der Waals surface area contributed by atoms with Crippen LogP contribution >= 0.6 is 11.3 Å². The monoisotopic (exact) mass is 317 g/mol. The molecule has 22 heavy (non-hydrogen) atoms. The summed E-state index contributed by atoms with van der Waals surface area (Å²) in [6.45, 7) is 0.0505. The van der Waals surface area contributed by atoms with Gasteiger partial charge >= 0.3 is 5.97 Å². The maximum absolute atomic E-state index is 12.8. The van der Waals surface area contributed by atoms with Crippen molar-refractivity contribution < 1.29 is 18.3 Å². The second-order valence-electron chi connectivity index (χ2n) is 4.59. The van der Waals surface area contributed by atoms with Crippen LogP contribution in [-0.4, -0.2) is 11.0 Å². The van der Waals surface area contributed by atoms with Crippen molar-refractivity contribution in [2.24, 2.45) is 0 Å². The van der Waals surface area contributed by atoms with Gasteiger partial charge in [0.15, 0.2) is 0 Å². The topological polar surface area (TPSA) is 52.3 Å². The van der Waals surface area contributed by atoms with E-state index < -0.39 is 5.97 Å². The summed E-state index contributed by atoms with van der Waals surface area (Å²) < 4.78 is 23.3. The van der Waals surface area contributed by atoms with Crippen molar-refractivity contribution in [1.29, 1.82) is 0 Å². The number of rotatable bonds is 5. The highest BCUT2D eigenvalue weighted by Gasteiger charge is 2.10. The Morgan fingerprint density at radius 3 is 2.82 bits per heavy atom. The molecule has 0 N–H and O–H groups in total. The molecule has 3 aromatic rings. The second kappa shape index (κ2) is 6.53. The van der Waals surface area contributed by atoms with E-state index in [1.165, 1.54) is 29.7 Å². The number of hydrogen-bond acceptors (Lipinski definition) is 5. The highest BCUT2D eigenvalue weighted by atomic mass is 32.1. The Morgan fingerprint density at radius 2 is 2.09 bits per heavy atom. The summed E-state index contributed by atoms with van der Waals surface area (Å²) in [5.41, 5.74) is 1.25. The van der Waals surface area contributed by atoms with Gasteiger partial charge in [0.2, 0.25) is 5.89 Å². The summed E-state index contributed by atoms with van der Waals surface area (Å²) in [6.07, 6.45) is 1.57. The van der Waals surface area contributed by atoms with Crippen molar-refractivity contribution in [2.45, 2.75) is 13.0 Å². The van der Waals surface area contributed by atoms with E-state index in [0.717, 1.165) is 4.88 Å². The van der Waals surface area contributed by atoms with Gasteiger partial charge in [0.05, 0.1) is 11.3 Å². The first-order valence-electron chi connectivity index (χ1n) is 6.59. The normalized spacial score (nSPS) is 10.6. The fourth-order valence-corrected chi connectivity index (χ4v) is 2.52. The minimum Gasteiger partial charge on any atom is -0.459 e. The quantitative estimate of drug-likeness (QED) is 0.671. The third kappa shape index (κ3) is 3.59. The molecule has 0 aliphatic carbocycles. The zero-order chi connectivity index (χ0) is 15.4. The molecular formula is C16H12FNO3S. The standard InChI is InChI=1S/C16H12FNO3S/c17-12-5-3-11(4-6-12)8-15(19)20-9-13-10-21-16(18-13)14-2-1-7-22-14/h1-7,10H,8-9H2.